The average Bonchev–Trinajstić information content (AvgIpc) is 2.57. The van der Waals surface area contributed by atoms with E-state index in [-0.39, 0.29) is 16.8 Å². The van der Waals surface area contributed by atoms with Gasteiger partial charge in [-0.2, -0.15) is 0 Å². The molecule has 0 bridgehead atoms. The van der Waals surface area contributed by atoms with Crippen LogP contribution in [-0.4, -0.2) is 33.6 Å². The lowest BCUT2D eigenvalue weighted by atomic mass is 9.94. The van der Waals surface area contributed by atoms with Gasteiger partial charge in [-0.3, -0.25) is 14.9 Å². The third kappa shape index (κ3) is 4.70. The van der Waals surface area contributed by atoms with Crippen LogP contribution in [0.5, 0.6) is 0 Å². The molecule has 1 aliphatic carbocycles. The predicted octanol–water partition coefficient (Wildman–Crippen LogP) is 4.26. The summed E-state index contributed by atoms with van der Waals surface area (Å²) in [5.74, 6) is 0.169. The zero-order valence-electron chi connectivity index (χ0n) is 13.7. The number of thioether (sulfide) groups is 1. The topological polar surface area (TPSA) is 63.5 Å². The van der Waals surface area contributed by atoms with Gasteiger partial charge in [0.1, 0.15) is 0 Å². The molecule has 1 atom stereocenters. The Labute approximate surface area is 141 Å². The van der Waals surface area contributed by atoms with E-state index in [9.17, 15) is 14.9 Å². The molecule has 6 heteroatoms. The number of non-ortho nitro benzene ring substituents is 1. The third-order valence-corrected chi connectivity index (χ3v) is 5.45. The van der Waals surface area contributed by atoms with Gasteiger partial charge in [-0.1, -0.05) is 19.3 Å². The fourth-order valence-electron chi connectivity index (χ4n) is 3.12. The maximum absolute atomic E-state index is 12.7. The molecule has 23 heavy (non-hydrogen) atoms. The molecule has 2 rings (SSSR count). The van der Waals surface area contributed by atoms with Gasteiger partial charge in [0.15, 0.2) is 0 Å². The lowest BCUT2D eigenvalue weighted by Crippen LogP contribution is -2.44. The second-order valence-corrected chi connectivity index (χ2v) is 7.34. The van der Waals surface area contributed by atoms with E-state index in [1.165, 1.54) is 43.2 Å². The molecule has 1 unspecified atom stereocenters. The van der Waals surface area contributed by atoms with Gasteiger partial charge >= 0.3 is 0 Å². The third-order valence-electron chi connectivity index (χ3n) is 4.35. The number of amides is 1. The number of hydrogen-bond acceptors (Lipinski definition) is 4. The highest BCUT2D eigenvalue weighted by Gasteiger charge is 2.27. The molecular weight excluding hydrogens is 312 g/mol. The zero-order chi connectivity index (χ0) is 16.8. The van der Waals surface area contributed by atoms with Crippen LogP contribution in [0.1, 0.15) is 46.0 Å². The van der Waals surface area contributed by atoms with Crippen molar-refractivity contribution >= 4 is 23.4 Å². The van der Waals surface area contributed by atoms with Gasteiger partial charge < -0.3 is 4.90 Å². The summed E-state index contributed by atoms with van der Waals surface area (Å²) >= 11 is 1.47. The molecule has 1 aliphatic rings. The van der Waals surface area contributed by atoms with Gasteiger partial charge in [0.2, 0.25) is 5.91 Å². The highest BCUT2D eigenvalue weighted by molar-refractivity contribution is 8.00. The number of hydrogen-bond donors (Lipinski definition) is 0. The lowest BCUT2D eigenvalue weighted by molar-refractivity contribution is -0.384. The highest BCUT2D eigenvalue weighted by atomic mass is 32.2. The summed E-state index contributed by atoms with van der Waals surface area (Å²) in [6.07, 6.45) is 5.90. The van der Waals surface area contributed by atoms with Crippen LogP contribution in [0.25, 0.3) is 0 Å². The molecule has 1 saturated carbocycles. The zero-order valence-corrected chi connectivity index (χ0v) is 14.6. The number of nitro benzene ring substituents is 1. The minimum absolute atomic E-state index is 0.0747. The van der Waals surface area contributed by atoms with Crippen LogP contribution in [0.3, 0.4) is 0 Å². The largest absolute Gasteiger partial charge is 0.339 e. The van der Waals surface area contributed by atoms with E-state index in [2.05, 4.69) is 0 Å². The van der Waals surface area contributed by atoms with Crippen LogP contribution in [0.4, 0.5) is 5.69 Å². The van der Waals surface area contributed by atoms with E-state index in [0.29, 0.717) is 6.04 Å². The Morgan fingerprint density at radius 1 is 1.30 bits per heavy atom. The summed E-state index contributed by atoms with van der Waals surface area (Å²) in [4.78, 5) is 25.9. The molecule has 0 aliphatic heterocycles. The number of carbonyl (C=O) groups excluding carboxylic acids is 1. The summed E-state index contributed by atoms with van der Waals surface area (Å²) in [6, 6.07) is 6.77. The Kier molecular flexibility index (Phi) is 6.45. The van der Waals surface area contributed by atoms with Gasteiger partial charge in [-0.25, -0.2) is 0 Å². The standard InChI is InChI=1S/C17H24N2O3S/c1-3-18(14-7-5-4-6-8-14)17(20)13(2)23-16-11-9-15(10-12-16)19(21)22/h9-14H,3-8H2,1-2H3. The summed E-state index contributed by atoms with van der Waals surface area (Å²) < 4.78 is 0. The van der Waals surface area contributed by atoms with Crippen LogP contribution in [0.15, 0.2) is 29.2 Å². The van der Waals surface area contributed by atoms with Crippen molar-refractivity contribution < 1.29 is 9.72 Å². The van der Waals surface area contributed by atoms with Gasteiger partial charge in [0.05, 0.1) is 10.2 Å². The summed E-state index contributed by atoms with van der Waals surface area (Å²) in [6.45, 7) is 4.70. The molecule has 126 valence electrons. The molecule has 1 aromatic carbocycles. The van der Waals surface area contributed by atoms with Crippen LogP contribution in [0.2, 0.25) is 0 Å². The molecule has 1 amide bonds. The summed E-state index contributed by atoms with van der Waals surface area (Å²) in [5, 5.41) is 10.5. The van der Waals surface area contributed by atoms with Crippen molar-refractivity contribution in [2.24, 2.45) is 0 Å². The molecule has 0 aromatic heterocycles. The molecule has 0 heterocycles. The van der Waals surface area contributed by atoms with Crippen molar-refractivity contribution in [3.05, 3.63) is 34.4 Å². The highest BCUT2D eigenvalue weighted by Crippen LogP contribution is 2.29. The number of rotatable bonds is 6. The first kappa shape index (κ1) is 17.8. The number of carbonyl (C=O) groups is 1. The second kappa shape index (κ2) is 8.34. The fourth-order valence-corrected chi connectivity index (χ4v) is 4.06. The van der Waals surface area contributed by atoms with Gasteiger partial charge in [0, 0.05) is 29.6 Å². The smallest absolute Gasteiger partial charge is 0.269 e. The predicted molar refractivity (Wildman–Crippen MR) is 92.7 cm³/mol. The molecule has 1 fully saturated rings. The van der Waals surface area contributed by atoms with E-state index < -0.39 is 4.92 Å². The van der Waals surface area contributed by atoms with Crippen molar-refractivity contribution in [1.82, 2.24) is 4.90 Å². The maximum Gasteiger partial charge on any atom is 0.269 e. The van der Waals surface area contributed by atoms with Crippen molar-refractivity contribution in [2.75, 3.05) is 6.54 Å². The van der Waals surface area contributed by atoms with Crippen LogP contribution in [0, 0.1) is 10.1 Å². The monoisotopic (exact) mass is 336 g/mol. The van der Waals surface area contributed by atoms with Gasteiger partial charge in [-0.15, -0.1) is 11.8 Å². The quantitative estimate of drug-likeness (QED) is 0.442. The molecule has 0 radical (unpaired) electrons. The summed E-state index contributed by atoms with van der Waals surface area (Å²) in [7, 11) is 0. The van der Waals surface area contributed by atoms with Crippen LogP contribution < -0.4 is 0 Å². The Morgan fingerprint density at radius 2 is 1.91 bits per heavy atom. The number of benzene rings is 1. The van der Waals surface area contributed by atoms with E-state index in [1.54, 1.807) is 12.1 Å². The van der Waals surface area contributed by atoms with E-state index >= 15 is 0 Å². The first-order chi connectivity index (χ1) is 11.0. The van der Waals surface area contributed by atoms with Crippen molar-refractivity contribution in [2.45, 2.75) is 62.1 Å². The minimum atomic E-state index is -0.412. The Bertz CT molecular complexity index is 541. The number of nitrogens with zero attached hydrogens (tertiary/aromatic N) is 2. The van der Waals surface area contributed by atoms with Crippen molar-refractivity contribution in [3.63, 3.8) is 0 Å². The Hall–Kier alpha value is -1.56. The number of nitro groups is 1. The SMILES string of the molecule is CCN(C(=O)C(C)Sc1ccc([N+](=O)[O-])cc1)C1CCCCC1. The average molecular weight is 336 g/mol. The first-order valence-electron chi connectivity index (χ1n) is 8.24. The minimum Gasteiger partial charge on any atom is -0.339 e. The second-order valence-electron chi connectivity index (χ2n) is 5.93. The normalized spacial score (nSPS) is 16.8. The van der Waals surface area contributed by atoms with Crippen LogP contribution >= 0.6 is 11.8 Å². The van der Waals surface area contributed by atoms with Crippen molar-refractivity contribution in [1.29, 1.82) is 0 Å². The Balaban J connectivity index is 1.98. The molecule has 0 N–H and O–H groups in total. The van der Waals surface area contributed by atoms with Gasteiger partial charge in [0.25, 0.3) is 5.69 Å². The first-order valence-corrected chi connectivity index (χ1v) is 9.12. The van der Waals surface area contributed by atoms with E-state index in [1.807, 2.05) is 18.7 Å². The molecular formula is C17H24N2O3S. The lowest BCUT2D eigenvalue weighted by Gasteiger charge is -2.35. The molecule has 5 nitrogen and oxygen atoms in total. The Morgan fingerprint density at radius 3 is 2.43 bits per heavy atom. The van der Waals surface area contributed by atoms with E-state index in [0.717, 1.165) is 24.3 Å². The van der Waals surface area contributed by atoms with E-state index in [4.69, 9.17) is 0 Å². The molecule has 1 aromatic rings. The maximum atomic E-state index is 12.7. The van der Waals surface area contributed by atoms with Crippen LogP contribution in [-0.2, 0) is 4.79 Å². The summed E-state index contributed by atoms with van der Waals surface area (Å²) in [5.41, 5.74) is 0.0747. The fraction of sp³-hybridized carbons (Fsp3) is 0.588. The molecule has 0 saturated heterocycles. The van der Waals surface area contributed by atoms with Gasteiger partial charge in [-0.05, 0) is 38.8 Å². The molecule has 0 spiro atoms. The van der Waals surface area contributed by atoms with Crippen molar-refractivity contribution in [3.8, 4) is 0 Å².